The molecule has 0 amide bonds. The van der Waals surface area contributed by atoms with Crippen molar-refractivity contribution in [2.45, 2.75) is 13.2 Å². The van der Waals surface area contributed by atoms with Gasteiger partial charge in [0, 0.05) is 30.1 Å². The number of anilines is 4. The Labute approximate surface area is 201 Å². The highest BCUT2D eigenvalue weighted by atomic mass is 35.5. The highest BCUT2D eigenvalue weighted by molar-refractivity contribution is 5.86. The molecule has 0 saturated heterocycles. The summed E-state index contributed by atoms with van der Waals surface area (Å²) in [6.45, 7) is 3.55. The van der Waals surface area contributed by atoms with E-state index in [4.69, 9.17) is 41.9 Å². The molecule has 0 aliphatic carbocycles. The molecule has 0 atom stereocenters. The van der Waals surface area contributed by atoms with E-state index in [0.717, 1.165) is 0 Å². The number of hydrogen-bond donors (Lipinski definition) is 4. The topological polar surface area (TPSA) is 141 Å². The summed E-state index contributed by atoms with van der Waals surface area (Å²) in [4.78, 5) is 0. The second-order valence-corrected chi connectivity index (χ2v) is 5.53. The van der Waals surface area contributed by atoms with Gasteiger partial charge in [-0.2, -0.15) is 0 Å². The molecule has 12 heteroatoms. The van der Waals surface area contributed by atoms with E-state index in [9.17, 15) is 0 Å². The fourth-order valence-electron chi connectivity index (χ4n) is 2.12. The number of nitrogens with two attached hydrogens (primary N) is 4. The molecule has 2 aromatic rings. The Morgan fingerprint density at radius 1 is 0.700 bits per heavy atom. The minimum absolute atomic E-state index is 0. The van der Waals surface area contributed by atoms with E-state index >= 15 is 0 Å². The molecule has 0 fully saturated rings. The first-order valence-corrected chi connectivity index (χ1v) is 8.28. The van der Waals surface area contributed by atoms with Crippen molar-refractivity contribution in [2.75, 3.05) is 49.4 Å². The quantitative estimate of drug-likeness (QED) is 0.217. The van der Waals surface area contributed by atoms with Gasteiger partial charge in [-0.05, 0) is 31.2 Å². The summed E-state index contributed by atoms with van der Waals surface area (Å²) >= 11 is 0. The van der Waals surface area contributed by atoms with Crippen LogP contribution < -0.4 is 32.4 Å². The third-order valence-electron chi connectivity index (χ3n) is 3.42. The molecule has 8 nitrogen and oxygen atoms in total. The van der Waals surface area contributed by atoms with E-state index < -0.39 is 6.29 Å². The van der Waals surface area contributed by atoms with Crippen LogP contribution in [0.5, 0.6) is 11.5 Å². The number of benzene rings is 2. The van der Waals surface area contributed by atoms with Crippen LogP contribution in [0.25, 0.3) is 0 Å². The van der Waals surface area contributed by atoms with Gasteiger partial charge in [-0.1, -0.05) is 0 Å². The molecule has 0 aliphatic rings. The van der Waals surface area contributed by atoms with Crippen molar-refractivity contribution in [1.82, 2.24) is 0 Å². The van der Waals surface area contributed by atoms with Crippen LogP contribution in [0, 0.1) is 0 Å². The Morgan fingerprint density at radius 2 is 1.13 bits per heavy atom. The van der Waals surface area contributed by atoms with E-state index in [1.165, 1.54) is 0 Å². The van der Waals surface area contributed by atoms with Gasteiger partial charge in [-0.25, -0.2) is 0 Å². The van der Waals surface area contributed by atoms with Crippen LogP contribution in [0.2, 0.25) is 0 Å². The average molecular weight is 508 g/mol. The lowest BCUT2D eigenvalue weighted by Gasteiger charge is -2.22. The molecule has 30 heavy (non-hydrogen) atoms. The Hall–Kier alpha value is -1.68. The fraction of sp³-hybridized carbons (Fsp3) is 0.333. The second kappa shape index (κ2) is 17.0. The molecule has 2 rings (SSSR count). The van der Waals surface area contributed by atoms with Gasteiger partial charge in [-0.15, -0.1) is 49.6 Å². The van der Waals surface area contributed by atoms with Crippen molar-refractivity contribution in [3.63, 3.8) is 0 Å². The smallest absolute Gasteiger partial charge is 0.264 e. The standard InChI is InChI=1S/C18H26N4O4.4ClH/c1-2-23-7-8-24-11-18(25-16-9-12(19)3-5-14(16)21)26-17-10-13(20)4-6-15(17)22;;;;/h3-6,9-10,18H,2,7-8,11,19-22H2,1H3;4*1H. The Morgan fingerprint density at radius 3 is 1.57 bits per heavy atom. The zero-order valence-corrected chi connectivity index (χ0v) is 19.7. The third-order valence-corrected chi connectivity index (χ3v) is 3.42. The van der Waals surface area contributed by atoms with Gasteiger partial charge in [0.15, 0.2) is 0 Å². The number of halogens is 4. The van der Waals surface area contributed by atoms with Crippen LogP contribution in [0.4, 0.5) is 22.7 Å². The van der Waals surface area contributed by atoms with E-state index in [1.807, 2.05) is 6.92 Å². The number of ether oxygens (including phenoxy) is 4. The highest BCUT2D eigenvalue weighted by Gasteiger charge is 2.17. The second-order valence-electron chi connectivity index (χ2n) is 5.53. The fourth-order valence-corrected chi connectivity index (χ4v) is 2.12. The molecule has 0 spiro atoms. The summed E-state index contributed by atoms with van der Waals surface area (Å²) in [5.74, 6) is 0.789. The first-order chi connectivity index (χ1) is 12.5. The zero-order valence-electron chi connectivity index (χ0n) is 16.4. The molecule has 0 radical (unpaired) electrons. The summed E-state index contributed by atoms with van der Waals surface area (Å²) in [6, 6.07) is 9.93. The first kappa shape index (κ1) is 33.0. The molecule has 2 aromatic carbocycles. The van der Waals surface area contributed by atoms with E-state index in [2.05, 4.69) is 0 Å². The van der Waals surface area contributed by atoms with Gasteiger partial charge < -0.3 is 41.9 Å². The van der Waals surface area contributed by atoms with Crippen molar-refractivity contribution in [1.29, 1.82) is 0 Å². The summed E-state index contributed by atoms with van der Waals surface area (Å²) in [6.07, 6.45) is -0.801. The predicted molar refractivity (Wildman–Crippen MR) is 132 cm³/mol. The maximum absolute atomic E-state index is 5.94. The Balaban J connectivity index is -0.00000182. The van der Waals surface area contributed by atoms with Crippen LogP contribution in [0.1, 0.15) is 6.92 Å². The van der Waals surface area contributed by atoms with Crippen LogP contribution in [0.3, 0.4) is 0 Å². The van der Waals surface area contributed by atoms with Crippen molar-refractivity contribution in [3.05, 3.63) is 36.4 Å². The molecule has 0 aromatic heterocycles. The Bertz CT molecular complexity index is 675. The molecule has 0 unspecified atom stereocenters. The number of rotatable bonds is 10. The molecular formula is C18H30Cl4N4O4. The number of nitrogen functional groups attached to an aromatic ring is 4. The highest BCUT2D eigenvalue weighted by Crippen LogP contribution is 2.28. The summed E-state index contributed by atoms with van der Waals surface area (Å²) < 4.78 is 22.5. The van der Waals surface area contributed by atoms with E-state index in [0.29, 0.717) is 54.1 Å². The number of hydrogen-bond acceptors (Lipinski definition) is 8. The normalized spacial score (nSPS) is 9.40. The molecule has 8 N–H and O–H groups in total. The molecule has 174 valence electrons. The minimum atomic E-state index is -0.801. The lowest BCUT2D eigenvalue weighted by atomic mass is 10.2. The molecular weight excluding hydrogens is 478 g/mol. The van der Waals surface area contributed by atoms with Crippen LogP contribution in [-0.4, -0.2) is 32.7 Å². The van der Waals surface area contributed by atoms with Gasteiger partial charge in [-0.3, -0.25) is 0 Å². The van der Waals surface area contributed by atoms with Crippen LogP contribution in [-0.2, 0) is 9.47 Å². The van der Waals surface area contributed by atoms with Gasteiger partial charge in [0.2, 0.25) is 0 Å². The maximum atomic E-state index is 5.94. The van der Waals surface area contributed by atoms with E-state index in [1.54, 1.807) is 36.4 Å². The van der Waals surface area contributed by atoms with Crippen molar-refractivity contribution < 1.29 is 18.9 Å². The lowest BCUT2D eigenvalue weighted by Crippen LogP contribution is -2.31. The molecule has 0 bridgehead atoms. The van der Waals surface area contributed by atoms with Gasteiger partial charge in [0.05, 0.1) is 24.6 Å². The third kappa shape index (κ3) is 10.9. The lowest BCUT2D eigenvalue weighted by molar-refractivity contribution is -0.0677. The molecule has 0 aliphatic heterocycles. The molecule has 0 saturated carbocycles. The van der Waals surface area contributed by atoms with Crippen LogP contribution >= 0.6 is 49.6 Å². The minimum Gasteiger partial charge on any atom is -0.450 e. The van der Waals surface area contributed by atoms with Crippen molar-refractivity contribution in [3.8, 4) is 11.5 Å². The van der Waals surface area contributed by atoms with Gasteiger partial charge in [0.25, 0.3) is 6.29 Å². The summed E-state index contributed by atoms with van der Waals surface area (Å²) in [5, 5.41) is 0. The van der Waals surface area contributed by atoms with Crippen molar-refractivity contribution in [2.24, 2.45) is 0 Å². The predicted octanol–water partition coefficient (Wildman–Crippen LogP) is 3.54. The van der Waals surface area contributed by atoms with E-state index in [-0.39, 0.29) is 56.2 Å². The monoisotopic (exact) mass is 506 g/mol. The SMILES string of the molecule is CCOCCOCC(Oc1cc(N)ccc1N)Oc1cc(N)ccc1N.Cl.Cl.Cl.Cl. The van der Waals surface area contributed by atoms with Gasteiger partial charge in [0.1, 0.15) is 18.1 Å². The average Bonchev–Trinajstić information content (AvgIpc) is 2.61. The first-order valence-electron chi connectivity index (χ1n) is 8.28. The zero-order chi connectivity index (χ0) is 18.9. The van der Waals surface area contributed by atoms with Crippen LogP contribution in [0.15, 0.2) is 36.4 Å². The summed E-state index contributed by atoms with van der Waals surface area (Å²) in [5.41, 5.74) is 25.4. The largest absolute Gasteiger partial charge is 0.450 e. The van der Waals surface area contributed by atoms with Gasteiger partial charge >= 0.3 is 0 Å². The maximum Gasteiger partial charge on any atom is 0.264 e. The van der Waals surface area contributed by atoms with Crippen molar-refractivity contribution >= 4 is 72.4 Å². The Kier molecular flexibility index (Phi) is 18.7. The molecule has 0 heterocycles. The summed E-state index contributed by atoms with van der Waals surface area (Å²) in [7, 11) is 0.